The van der Waals surface area contributed by atoms with Crippen molar-refractivity contribution < 1.29 is 23.0 Å². The van der Waals surface area contributed by atoms with Crippen molar-refractivity contribution in [2.75, 3.05) is 25.6 Å². The first-order chi connectivity index (χ1) is 17.2. The zero-order chi connectivity index (χ0) is 26.0. The van der Waals surface area contributed by atoms with Gasteiger partial charge in [0, 0.05) is 25.3 Å². The van der Waals surface area contributed by atoms with Gasteiger partial charge in [-0.2, -0.15) is 8.78 Å². The van der Waals surface area contributed by atoms with E-state index in [0.717, 1.165) is 17.0 Å². The van der Waals surface area contributed by atoms with Crippen molar-refractivity contribution in [1.82, 2.24) is 4.57 Å². The summed E-state index contributed by atoms with van der Waals surface area (Å²) in [7, 11) is 3.84. The molecule has 1 aliphatic heterocycles. The van der Waals surface area contributed by atoms with Crippen LogP contribution in [0, 0.1) is 0 Å². The van der Waals surface area contributed by atoms with Gasteiger partial charge in [-0.05, 0) is 43.7 Å². The lowest BCUT2D eigenvalue weighted by atomic mass is 9.95. The van der Waals surface area contributed by atoms with E-state index in [1.54, 1.807) is 32.0 Å². The summed E-state index contributed by atoms with van der Waals surface area (Å²) in [5.41, 5.74) is 2.32. The van der Waals surface area contributed by atoms with E-state index >= 15 is 0 Å². The number of hydrogen-bond donors (Lipinski definition) is 0. The molecule has 0 unspecified atom stereocenters. The molecule has 0 amide bonds. The standard InChI is InChI=1S/C26H25F2N3O4S/c1-5-34-24(33)21-15(2)29-26-31(22(21)16-10-12-18(13-11-16)30(3)4)23(32)20(36-26)14-17-8-6-7-9-19(17)35-25(27)28/h6-14,22,25H,5H2,1-4H3/b20-14+/t22-/m1/s1. The van der Waals surface area contributed by atoms with Crippen molar-refractivity contribution >= 4 is 29.1 Å². The van der Waals surface area contributed by atoms with Gasteiger partial charge in [0.1, 0.15) is 5.75 Å². The summed E-state index contributed by atoms with van der Waals surface area (Å²) in [6.07, 6.45) is 1.50. The third-order valence-electron chi connectivity index (χ3n) is 5.66. The number of halogens is 2. The van der Waals surface area contributed by atoms with Crippen molar-refractivity contribution in [2.45, 2.75) is 26.5 Å². The van der Waals surface area contributed by atoms with Gasteiger partial charge in [-0.1, -0.05) is 41.7 Å². The summed E-state index contributed by atoms with van der Waals surface area (Å²) < 4.78 is 37.4. The first-order valence-corrected chi connectivity index (χ1v) is 12.0. The summed E-state index contributed by atoms with van der Waals surface area (Å²) in [4.78, 5) is 33.5. The minimum absolute atomic E-state index is 0.0439. The Kier molecular flexibility index (Phi) is 7.35. The van der Waals surface area contributed by atoms with E-state index in [1.807, 2.05) is 43.3 Å². The van der Waals surface area contributed by atoms with E-state index in [0.29, 0.717) is 21.6 Å². The number of carbonyl (C=O) groups excluding carboxylic acids is 1. The fourth-order valence-electron chi connectivity index (χ4n) is 4.01. The summed E-state index contributed by atoms with van der Waals surface area (Å²) in [5, 5.41) is 0. The van der Waals surface area contributed by atoms with Crippen molar-refractivity contribution in [3.8, 4) is 5.75 Å². The Bertz CT molecular complexity index is 1490. The highest BCUT2D eigenvalue weighted by Crippen LogP contribution is 2.31. The Morgan fingerprint density at radius 3 is 2.53 bits per heavy atom. The lowest BCUT2D eigenvalue weighted by Gasteiger charge is -2.25. The average molecular weight is 514 g/mol. The van der Waals surface area contributed by atoms with Gasteiger partial charge in [0.15, 0.2) is 4.80 Å². The Morgan fingerprint density at radius 2 is 1.89 bits per heavy atom. The molecule has 3 aromatic rings. The smallest absolute Gasteiger partial charge is 0.387 e. The minimum atomic E-state index is -3.00. The van der Waals surface area contributed by atoms with E-state index in [-0.39, 0.29) is 22.5 Å². The molecule has 188 valence electrons. The monoisotopic (exact) mass is 513 g/mol. The quantitative estimate of drug-likeness (QED) is 0.453. The number of esters is 1. The molecule has 2 heterocycles. The first kappa shape index (κ1) is 25.3. The highest BCUT2D eigenvalue weighted by Gasteiger charge is 2.33. The van der Waals surface area contributed by atoms with E-state index < -0.39 is 24.2 Å². The number of anilines is 1. The fraction of sp³-hybridized carbons (Fsp3) is 0.269. The second-order valence-electron chi connectivity index (χ2n) is 8.20. The number of nitrogens with zero attached hydrogens (tertiary/aromatic N) is 3. The average Bonchev–Trinajstić information content (AvgIpc) is 3.13. The second-order valence-corrected chi connectivity index (χ2v) is 9.21. The summed E-state index contributed by atoms with van der Waals surface area (Å²) >= 11 is 1.11. The molecule has 0 saturated heterocycles. The van der Waals surface area contributed by atoms with Crippen LogP contribution < -0.4 is 24.5 Å². The predicted molar refractivity (Wildman–Crippen MR) is 134 cm³/mol. The maximum Gasteiger partial charge on any atom is 0.387 e. The van der Waals surface area contributed by atoms with Crippen molar-refractivity contribution in [3.63, 3.8) is 0 Å². The Morgan fingerprint density at radius 1 is 1.19 bits per heavy atom. The number of benzene rings is 2. The molecule has 1 atom stereocenters. The number of rotatable bonds is 7. The van der Waals surface area contributed by atoms with Gasteiger partial charge < -0.3 is 14.4 Å². The maximum atomic E-state index is 13.7. The van der Waals surface area contributed by atoms with E-state index in [1.165, 1.54) is 16.7 Å². The molecule has 7 nitrogen and oxygen atoms in total. The van der Waals surface area contributed by atoms with Crippen LogP contribution in [-0.2, 0) is 9.53 Å². The molecule has 2 aromatic carbocycles. The molecule has 1 aromatic heterocycles. The first-order valence-electron chi connectivity index (χ1n) is 11.2. The van der Waals surface area contributed by atoms with Crippen LogP contribution in [0.4, 0.5) is 14.5 Å². The number of carbonyl (C=O) groups is 1. The minimum Gasteiger partial charge on any atom is -0.463 e. The largest absolute Gasteiger partial charge is 0.463 e. The number of para-hydroxylation sites is 1. The highest BCUT2D eigenvalue weighted by molar-refractivity contribution is 7.07. The van der Waals surface area contributed by atoms with Crippen LogP contribution in [-0.4, -0.2) is 37.9 Å². The SMILES string of the molecule is CCOC(=O)C1=C(C)N=c2s/c(=C/c3ccccc3OC(F)F)c(=O)n2[C@@H]1c1ccc(N(C)C)cc1. The molecule has 0 saturated carbocycles. The summed E-state index contributed by atoms with van der Waals surface area (Å²) in [6.45, 7) is 0.590. The third kappa shape index (κ3) is 4.94. The maximum absolute atomic E-state index is 13.7. The molecule has 0 fully saturated rings. The Balaban J connectivity index is 1.92. The van der Waals surface area contributed by atoms with Crippen LogP contribution in [0.15, 0.2) is 69.6 Å². The molecule has 0 bridgehead atoms. The van der Waals surface area contributed by atoms with E-state index in [4.69, 9.17) is 4.74 Å². The number of allylic oxidation sites excluding steroid dienone is 1. The van der Waals surface area contributed by atoms with Gasteiger partial charge in [-0.15, -0.1) is 0 Å². The Labute approximate surface area is 210 Å². The lowest BCUT2D eigenvalue weighted by Crippen LogP contribution is -2.40. The van der Waals surface area contributed by atoms with Crippen LogP contribution in [0.3, 0.4) is 0 Å². The van der Waals surface area contributed by atoms with Gasteiger partial charge in [-0.25, -0.2) is 9.79 Å². The van der Waals surface area contributed by atoms with Gasteiger partial charge in [0.25, 0.3) is 5.56 Å². The fourth-order valence-corrected chi connectivity index (χ4v) is 5.04. The van der Waals surface area contributed by atoms with Gasteiger partial charge in [0.2, 0.25) is 0 Å². The van der Waals surface area contributed by atoms with Crippen molar-refractivity contribution in [2.24, 2.45) is 4.99 Å². The zero-order valence-corrected chi connectivity index (χ0v) is 21.0. The van der Waals surface area contributed by atoms with E-state index in [2.05, 4.69) is 9.73 Å². The second kappa shape index (κ2) is 10.4. The number of hydrogen-bond acceptors (Lipinski definition) is 7. The number of alkyl halides is 2. The van der Waals surface area contributed by atoms with Crippen molar-refractivity contribution in [3.05, 3.63) is 90.6 Å². The normalized spacial score (nSPS) is 15.5. The predicted octanol–water partition coefficient (Wildman–Crippen LogP) is 3.47. The topological polar surface area (TPSA) is 73.1 Å². The third-order valence-corrected chi connectivity index (χ3v) is 6.65. The molecule has 0 spiro atoms. The van der Waals surface area contributed by atoms with Crippen LogP contribution in [0.2, 0.25) is 0 Å². The zero-order valence-electron chi connectivity index (χ0n) is 20.2. The number of thiazole rings is 1. The summed E-state index contributed by atoms with van der Waals surface area (Å²) in [6, 6.07) is 13.0. The van der Waals surface area contributed by atoms with Crippen molar-refractivity contribution in [1.29, 1.82) is 0 Å². The van der Waals surface area contributed by atoms with Crippen LogP contribution in [0.25, 0.3) is 6.08 Å². The van der Waals surface area contributed by atoms with Crippen LogP contribution >= 0.6 is 11.3 Å². The van der Waals surface area contributed by atoms with Crippen LogP contribution in [0.5, 0.6) is 5.75 Å². The molecule has 10 heteroatoms. The molecular formula is C26H25F2N3O4S. The van der Waals surface area contributed by atoms with Gasteiger partial charge in [-0.3, -0.25) is 9.36 Å². The molecule has 0 aliphatic carbocycles. The lowest BCUT2D eigenvalue weighted by molar-refractivity contribution is -0.139. The van der Waals surface area contributed by atoms with Crippen LogP contribution in [0.1, 0.15) is 31.0 Å². The Hall–Kier alpha value is -3.79. The molecule has 4 rings (SSSR count). The molecule has 0 radical (unpaired) electrons. The highest BCUT2D eigenvalue weighted by atomic mass is 32.1. The number of aromatic nitrogens is 1. The molecule has 36 heavy (non-hydrogen) atoms. The molecule has 1 aliphatic rings. The van der Waals surface area contributed by atoms with E-state index in [9.17, 15) is 18.4 Å². The molecular weight excluding hydrogens is 488 g/mol. The number of fused-ring (bicyclic) bond motifs is 1. The molecule has 0 N–H and O–H groups in total. The van der Waals surface area contributed by atoms with Gasteiger partial charge in [0.05, 0.1) is 28.5 Å². The number of ether oxygens (including phenoxy) is 2. The summed E-state index contributed by atoms with van der Waals surface area (Å²) in [5.74, 6) is -0.594. The van der Waals surface area contributed by atoms with Gasteiger partial charge >= 0.3 is 12.6 Å².